The molecule has 2 aromatic carbocycles. The summed E-state index contributed by atoms with van der Waals surface area (Å²) in [5, 5.41) is 21.3. The van der Waals surface area contributed by atoms with Gasteiger partial charge in [0.15, 0.2) is 0 Å². The van der Waals surface area contributed by atoms with Crippen LogP contribution in [0.3, 0.4) is 0 Å². The molecular formula is C13H7ClN2O6. The van der Waals surface area contributed by atoms with Crippen LogP contribution in [0, 0.1) is 20.2 Å². The van der Waals surface area contributed by atoms with Gasteiger partial charge in [-0.3, -0.25) is 20.2 Å². The molecule has 0 aliphatic rings. The quantitative estimate of drug-likeness (QED) is 0.369. The van der Waals surface area contributed by atoms with Crippen molar-refractivity contribution >= 4 is 28.9 Å². The first kappa shape index (κ1) is 15.4. The first-order chi connectivity index (χ1) is 10.4. The van der Waals surface area contributed by atoms with Gasteiger partial charge in [-0.25, -0.2) is 4.79 Å². The summed E-state index contributed by atoms with van der Waals surface area (Å²) in [5.41, 5.74) is -0.784. The van der Waals surface area contributed by atoms with E-state index in [1.54, 1.807) is 0 Å². The second-order valence-electron chi connectivity index (χ2n) is 4.07. The fourth-order valence-corrected chi connectivity index (χ4v) is 1.80. The van der Waals surface area contributed by atoms with E-state index in [4.69, 9.17) is 16.3 Å². The number of rotatable bonds is 4. The van der Waals surface area contributed by atoms with Gasteiger partial charge >= 0.3 is 5.97 Å². The van der Waals surface area contributed by atoms with Crippen LogP contribution in [0.4, 0.5) is 11.4 Å². The minimum Gasteiger partial charge on any atom is -0.423 e. The average Bonchev–Trinajstić information content (AvgIpc) is 2.47. The SMILES string of the molecule is O=C(Oc1cccc([N+](=O)[O-])c1)c1cc([N+](=O)[O-])ccc1Cl. The van der Waals surface area contributed by atoms with Crippen molar-refractivity contribution in [1.29, 1.82) is 0 Å². The van der Waals surface area contributed by atoms with Gasteiger partial charge in [-0.15, -0.1) is 0 Å². The van der Waals surface area contributed by atoms with Crippen molar-refractivity contribution in [1.82, 2.24) is 0 Å². The molecule has 0 aliphatic carbocycles. The molecule has 0 saturated heterocycles. The van der Waals surface area contributed by atoms with Gasteiger partial charge in [0.05, 0.1) is 26.5 Å². The van der Waals surface area contributed by atoms with Gasteiger partial charge in [-0.05, 0) is 12.1 Å². The summed E-state index contributed by atoms with van der Waals surface area (Å²) in [6.45, 7) is 0. The molecule has 0 aliphatic heterocycles. The van der Waals surface area contributed by atoms with Gasteiger partial charge in [0.25, 0.3) is 11.4 Å². The fraction of sp³-hybridized carbons (Fsp3) is 0. The Morgan fingerprint density at radius 2 is 1.64 bits per heavy atom. The molecule has 2 aromatic rings. The molecule has 22 heavy (non-hydrogen) atoms. The van der Waals surface area contributed by atoms with Crippen molar-refractivity contribution < 1.29 is 19.4 Å². The normalized spacial score (nSPS) is 10.0. The molecule has 0 amide bonds. The van der Waals surface area contributed by atoms with Gasteiger partial charge in [0, 0.05) is 18.2 Å². The Balaban J connectivity index is 2.29. The molecule has 8 nitrogen and oxygen atoms in total. The largest absolute Gasteiger partial charge is 0.423 e. The molecule has 0 unspecified atom stereocenters. The maximum Gasteiger partial charge on any atom is 0.345 e. The average molecular weight is 323 g/mol. The number of nitro groups is 2. The lowest BCUT2D eigenvalue weighted by Crippen LogP contribution is -2.09. The number of nitro benzene ring substituents is 2. The van der Waals surface area contributed by atoms with Gasteiger partial charge in [0.2, 0.25) is 0 Å². The summed E-state index contributed by atoms with van der Waals surface area (Å²) in [6, 6.07) is 8.30. The van der Waals surface area contributed by atoms with Crippen molar-refractivity contribution in [2.45, 2.75) is 0 Å². The first-order valence-electron chi connectivity index (χ1n) is 5.79. The van der Waals surface area contributed by atoms with Crippen LogP contribution in [0.25, 0.3) is 0 Å². The predicted molar refractivity (Wildman–Crippen MR) is 76.2 cm³/mol. The van der Waals surface area contributed by atoms with Crippen LogP contribution in [0.1, 0.15) is 10.4 Å². The summed E-state index contributed by atoms with van der Waals surface area (Å²) in [6.07, 6.45) is 0. The van der Waals surface area contributed by atoms with E-state index >= 15 is 0 Å². The molecule has 0 aromatic heterocycles. The second kappa shape index (κ2) is 6.19. The monoisotopic (exact) mass is 322 g/mol. The van der Waals surface area contributed by atoms with Crippen molar-refractivity contribution in [3.8, 4) is 5.75 Å². The highest BCUT2D eigenvalue weighted by Gasteiger charge is 2.18. The Morgan fingerprint density at radius 1 is 1.00 bits per heavy atom. The van der Waals surface area contributed by atoms with Crippen LogP contribution in [-0.2, 0) is 0 Å². The van der Waals surface area contributed by atoms with Gasteiger partial charge in [-0.1, -0.05) is 17.7 Å². The number of hydrogen-bond acceptors (Lipinski definition) is 6. The number of carbonyl (C=O) groups excluding carboxylic acids is 1. The number of halogens is 1. The molecule has 2 rings (SSSR count). The molecule has 0 N–H and O–H groups in total. The van der Waals surface area contributed by atoms with Crippen molar-refractivity contribution in [2.75, 3.05) is 0 Å². The topological polar surface area (TPSA) is 113 Å². The van der Waals surface area contributed by atoms with E-state index in [1.807, 2.05) is 0 Å². The van der Waals surface area contributed by atoms with E-state index < -0.39 is 15.8 Å². The summed E-state index contributed by atoms with van der Waals surface area (Å²) < 4.78 is 4.96. The molecule has 0 heterocycles. The highest BCUT2D eigenvalue weighted by molar-refractivity contribution is 6.33. The van der Waals surface area contributed by atoms with Gasteiger partial charge in [0.1, 0.15) is 5.75 Å². The van der Waals surface area contributed by atoms with Crippen LogP contribution < -0.4 is 4.74 Å². The van der Waals surface area contributed by atoms with E-state index in [0.717, 1.165) is 18.2 Å². The Bertz CT molecular complexity index is 777. The van der Waals surface area contributed by atoms with Crippen molar-refractivity contribution in [2.24, 2.45) is 0 Å². The van der Waals surface area contributed by atoms with Crippen LogP contribution in [0.5, 0.6) is 5.75 Å². The van der Waals surface area contributed by atoms with E-state index in [2.05, 4.69) is 0 Å². The smallest absolute Gasteiger partial charge is 0.345 e. The predicted octanol–water partition coefficient (Wildman–Crippen LogP) is 3.38. The number of benzene rings is 2. The number of nitrogens with zero attached hydrogens (tertiary/aromatic N) is 2. The third kappa shape index (κ3) is 3.36. The minimum atomic E-state index is -0.950. The Hall–Kier alpha value is -3.00. The molecule has 9 heteroatoms. The first-order valence-corrected chi connectivity index (χ1v) is 6.17. The highest BCUT2D eigenvalue weighted by Crippen LogP contribution is 2.25. The minimum absolute atomic E-state index is 0.0268. The number of ether oxygens (including phenoxy) is 1. The van der Waals surface area contributed by atoms with Crippen LogP contribution in [0.15, 0.2) is 42.5 Å². The molecule has 0 radical (unpaired) electrons. The van der Waals surface area contributed by atoms with Crippen LogP contribution >= 0.6 is 11.6 Å². The third-order valence-electron chi connectivity index (χ3n) is 2.62. The zero-order valence-corrected chi connectivity index (χ0v) is 11.5. The molecule has 112 valence electrons. The summed E-state index contributed by atoms with van der Waals surface area (Å²) in [7, 11) is 0. The number of hydrogen-bond donors (Lipinski definition) is 0. The van der Waals surface area contributed by atoms with E-state index in [1.165, 1.54) is 24.3 Å². The molecule has 0 saturated carbocycles. The van der Waals surface area contributed by atoms with Gasteiger partial charge in [-0.2, -0.15) is 0 Å². The van der Waals surface area contributed by atoms with Crippen molar-refractivity contribution in [3.05, 3.63) is 73.3 Å². The fourth-order valence-electron chi connectivity index (χ4n) is 1.61. The Labute approximate surface area is 128 Å². The number of carbonyl (C=O) groups is 1. The summed E-state index contributed by atoms with van der Waals surface area (Å²) in [4.78, 5) is 32.0. The van der Waals surface area contributed by atoms with Gasteiger partial charge < -0.3 is 4.74 Å². The standard InChI is InChI=1S/C13H7ClN2O6/c14-12-5-4-9(16(20)21)7-11(12)13(17)22-10-3-1-2-8(6-10)15(18)19/h1-7H. The summed E-state index contributed by atoms with van der Waals surface area (Å²) >= 11 is 5.81. The lowest BCUT2D eigenvalue weighted by Gasteiger charge is -2.05. The molecule has 0 spiro atoms. The molecule has 0 bridgehead atoms. The maximum absolute atomic E-state index is 12.0. The van der Waals surface area contributed by atoms with Crippen molar-refractivity contribution in [3.63, 3.8) is 0 Å². The zero-order chi connectivity index (χ0) is 16.3. The Kier molecular flexibility index (Phi) is 4.33. The third-order valence-corrected chi connectivity index (χ3v) is 2.95. The van der Waals surface area contributed by atoms with E-state index in [-0.39, 0.29) is 27.7 Å². The molecular weight excluding hydrogens is 316 g/mol. The number of non-ortho nitro benzene ring substituents is 2. The lowest BCUT2D eigenvalue weighted by atomic mass is 10.2. The summed E-state index contributed by atoms with van der Waals surface area (Å²) in [5.74, 6) is -1.02. The Morgan fingerprint density at radius 3 is 2.27 bits per heavy atom. The highest BCUT2D eigenvalue weighted by atomic mass is 35.5. The number of esters is 1. The lowest BCUT2D eigenvalue weighted by molar-refractivity contribution is -0.385. The van der Waals surface area contributed by atoms with Crippen LogP contribution in [-0.4, -0.2) is 15.8 Å². The van der Waals surface area contributed by atoms with E-state index in [9.17, 15) is 25.0 Å². The second-order valence-corrected chi connectivity index (χ2v) is 4.47. The zero-order valence-electron chi connectivity index (χ0n) is 10.8. The maximum atomic E-state index is 12.0. The molecule has 0 atom stereocenters. The molecule has 0 fully saturated rings. The van der Waals surface area contributed by atoms with E-state index in [0.29, 0.717) is 0 Å². The van der Waals surface area contributed by atoms with Crippen LogP contribution in [0.2, 0.25) is 5.02 Å².